The van der Waals surface area contributed by atoms with Gasteiger partial charge in [0.1, 0.15) is 5.76 Å². The molecular weight excluding hydrogens is 473 g/mol. The highest BCUT2D eigenvalue weighted by atomic mass is 79.9. The summed E-state index contributed by atoms with van der Waals surface area (Å²) in [7, 11) is 0. The van der Waals surface area contributed by atoms with Crippen LogP contribution in [0.5, 0.6) is 0 Å². The molecule has 2 rings (SSSR count). The van der Waals surface area contributed by atoms with Gasteiger partial charge in [-0.2, -0.15) is 4.90 Å². The second kappa shape index (κ2) is 7.75. The summed E-state index contributed by atoms with van der Waals surface area (Å²) < 4.78 is 0. The van der Waals surface area contributed by atoms with Crippen molar-refractivity contribution in [3.05, 3.63) is 79.9 Å². The summed E-state index contributed by atoms with van der Waals surface area (Å²) in [5.41, 5.74) is 0.763. The summed E-state index contributed by atoms with van der Waals surface area (Å²) in [6, 6.07) is 5.08. The van der Waals surface area contributed by atoms with E-state index in [0.717, 1.165) is 5.56 Å². The number of hydrogen-bond acceptors (Lipinski definition) is 3. The van der Waals surface area contributed by atoms with Crippen LogP contribution in [0.2, 0.25) is 10.0 Å². The average molecular weight is 483 g/mol. The van der Waals surface area contributed by atoms with Crippen LogP contribution in [0.25, 0.3) is 0 Å². The molecule has 0 saturated carbocycles. The average Bonchev–Trinajstić information content (AvgIpc) is 2.55. The van der Waals surface area contributed by atoms with Gasteiger partial charge in [-0.05, 0) is 23.8 Å². The van der Waals surface area contributed by atoms with E-state index in [9.17, 15) is 15.5 Å². The zero-order valence-electron chi connectivity index (χ0n) is 11.4. The number of allylic oxidation sites excluding steroid dienone is 6. The number of benzene rings is 1. The van der Waals surface area contributed by atoms with E-state index in [-0.39, 0.29) is 21.9 Å². The molecule has 0 radical (unpaired) electrons. The maximum Gasteiger partial charge on any atom is 0.233 e. The lowest BCUT2D eigenvalue weighted by Gasteiger charge is -2.20. The largest absolute Gasteiger partial charge is 0.612 e. The maximum atomic E-state index is 11.1. The van der Waals surface area contributed by atoms with Crippen LogP contribution < -0.4 is 0 Å². The number of rotatable bonds is 3. The molecule has 0 saturated heterocycles. The molecule has 1 aliphatic carbocycles. The molecule has 8 heteroatoms. The zero-order chi connectivity index (χ0) is 17.1. The van der Waals surface area contributed by atoms with Crippen molar-refractivity contribution in [3.8, 4) is 0 Å². The van der Waals surface area contributed by atoms with Crippen molar-refractivity contribution >= 4 is 60.8 Å². The van der Waals surface area contributed by atoms with Crippen LogP contribution in [-0.2, 0) is 0 Å². The monoisotopic (exact) mass is 480 g/mol. The summed E-state index contributed by atoms with van der Waals surface area (Å²) in [6.07, 6.45) is 6.01. The number of hydrogen-bond donors (Lipinski definition) is 1. The second-order valence-electron chi connectivity index (χ2n) is 4.64. The van der Waals surface area contributed by atoms with Crippen molar-refractivity contribution in [2.75, 3.05) is 0 Å². The predicted molar refractivity (Wildman–Crippen MR) is 101 cm³/mol. The van der Waals surface area contributed by atoms with E-state index in [1.54, 1.807) is 30.4 Å². The van der Waals surface area contributed by atoms with Gasteiger partial charge in [-0.15, -0.1) is 0 Å². The molecule has 0 aliphatic heterocycles. The molecule has 122 valence electrons. The molecular formula is C15H10Br2Cl2NO3-. The first-order chi connectivity index (χ1) is 10.8. The van der Waals surface area contributed by atoms with Crippen LogP contribution in [0, 0.1) is 10.4 Å². The Labute approximate surface area is 159 Å². The normalized spacial score (nSPS) is 18.7. The van der Waals surface area contributed by atoms with Gasteiger partial charge in [0.15, 0.2) is 0 Å². The first kappa shape index (κ1) is 18.4. The third kappa shape index (κ3) is 4.12. The Morgan fingerprint density at radius 2 is 1.74 bits per heavy atom. The van der Waals surface area contributed by atoms with Crippen LogP contribution in [0.1, 0.15) is 10.4 Å². The van der Waals surface area contributed by atoms with Gasteiger partial charge >= 0.3 is 0 Å². The van der Waals surface area contributed by atoms with Crippen LogP contribution in [0.4, 0.5) is 0 Å². The number of nitrogens with zero attached hydrogens (tertiary/aromatic N) is 1. The van der Waals surface area contributed by atoms with Gasteiger partial charge in [0, 0.05) is 6.08 Å². The summed E-state index contributed by atoms with van der Waals surface area (Å²) in [4.78, 5) is -1.49. The quantitative estimate of drug-likeness (QED) is 0.264. The molecule has 0 spiro atoms. The van der Waals surface area contributed by atoms with E-state index < -0.39 is 9.73 Å². The Kier molecular flexibility index (Phi) is 6.19. The van der Waals surface area contributed by atoms with Gasteiger partial charge in [-0.25, -0.2) is 0 Å². The van der Waals surface area contributed by atoms with Gasteiger partial charge in [-0.3, -0.25) is 0 Å². The summed E-state index contributed by atoms with van der Waals surface area (Å²) in [5.74, 6) is -0.148. The van der Waals surface area contributed by atoms with Gasteiger partial charge in [0.05, 0.1) is 25.3 Å². The molecule has 0 bridgehead atoms. The number of alkyl halides is 2. The molecule has 23 heavy (non-hydrogen) atoms. The molecule has 0 fully saturated rings. The van der Waals surface area contributed by atoms with Crippen molar-refractivity contribution < 1.29 is 10.0 Å². The number of aliphatic hydroxyl groups is 1. The fourth-order valence-corrected chi connectivity index (χ4v) is 3.38. The molecule has 4 nitrogen and oxygen atoms in total. The molecule has 0 amide bonds. The Bertz CT molecular complexity index is 740. The van der Waals surface area contributed by atoms with Gasteiger partial charge < -0.3 is 15.5 Å². The third-order valence-electron chi connectivity index (χ3n) is 3.16. The lowest BCUT2D eigenvalue weighted by molar-refractivity contribution is -0.377. The Balaban J connectivity index is 2.38. The van der Waals surface area contributed by atoms with Crippen LogP contribution in [0.3, 0.4) is 0 Å². The standard InChI is InChI=1S/C15H10Br2Cl2NO3/c16-13(8-5-6-10(18)11(19)7-8)14(17)15(21)9-3-1-2-4-12(9)20(22)23/h1-7,13-14H,(H-,21,22,23)/q-1. The van der Waals surface area contributed by atoms with Crippen LogP contribution in [0.15, 0.2) is 53.8 Å². The molecule has 0 aromatic heterocycles. The number of halogens is 4. The molecule has 2 atom stereocenters. The highest BCUT2D eigenvalue weighted by molar-refractivity contribution is 9.12. The SMILES string of the molecule is [O-][N+]([O-])=C1C=CC=CC1=C(O)C(Br)C(Br)c1ccc(Cl)c(Cl)c1. The fraction of sp³-hybridized carbons (Fsp3) is 0.133. The maximum absolute atomic E-state index is 11.1. The third-order valence-corrected chi connectivity index (χ3v) is 6.63. The Hall–Kier alpha value is -0.950. The lowest BCUT2D eigenvalue weighted by Crippen LogP contribution is -2.19. The topological polar surface area (TPSA) is 69.4 Å². The lowest BCUT2D eigenvalue weighted by atomic mass is 10.00. The molecule has 1 aliphatic rings. The van der Waals surface area contributed by atoms with E-state index in [0.29, 0.717) is 10.0 Å². The first-order valence-electron chi connectivity index (χ1n) is 6.35. The highest BCUT2D eigenvalue weighted by Gasteiger charge is 2.27. The van der Waals surface area contributed by atoms with Crippen molar-refractivity contribution in [2.24, 2.45) is 0 Å². The van der Waals surface area contributed by atoms with Gasteiger partial charge in [0.25, 0.3) is 0 Å². The highest BCUT2D eigenvalue weighted by Crippen LogP contribution is 2.38. The molecule has 1 aromatic rings. The second-order valence-corrected chi connectivity index (χ2v) is 7.42. The predicted octanol–water partition coefficient (Wildman–Crippen LogP) is 5.58. The van der Waals surface area contributed by atoms with E-state index in [2.05, 4.69) is 31.9 Å². The summed E-state index contributed by atoms with van der Waals surface area (Å²) in [5, 5.41) is 33.4. The van der Waals surface area contributed by atoms with E-state index in [4.69, 9.17) is 23.2 Å². The van der Waals surface area contributed by atoms with Crippen molar-refractivity contribution in [1.82, 2.24) is 0 Å². The smallest absolute Gasteiger partial charge is 0.233 e. The molecule has 2 unspecified atom stereocenters. The molecule has 1 aromatic carbocycles. The zero-order valence-corrected chi connectivity index (χ0v) is 16.1. The fourth-order valence-electron chi connectivity index (χ4n) is 1.99. The Morgan fingerprint density at radius 1 is 1.09 bits per heavy atom. The van der Waals surface area contributed by atoms with Gasteiger partial charge in [0.2, 0.25) is 5.71 Å². The van der Waals surface area contributed by atoms with E-state index >= 15 is 0 Å². The minimum atomic E-state index is -0.596. The van der Waals surface area contributed by atoms with Crippen molar-refractivity contribution in [1.29, 1.82) is 0 Å². The van der Waals surface area contributed by atoms with E-state index in [1.165, 1.54) is 12.2 Å². The van der Waals surface area contributed by atoms with Crippen LogP contribution in [-0.4, -0.2) is 20.5 Å². The van der Waals surface area contributed by atoms with E-state index in [1.807, 2.05) is 0 Å². The molecule has 0 heterocycles. The number of aliphatic hydroxyl groups excluding tert-OH is 1. The Morgan fingerprint density at radius 3 is 2.35 bits per heavy atom. The van der Waals surface area contributed by atoms with Crippen LogP contribution >= 0.6 is 55.1 Å². The van der Waals surface area contributed by atoms with Crippen molar-refractivity contribution in [2.45, 2.75) is 9.65 Å². The minimum Gasteiger partial charge on any atom is -0.612 e. The first-order valence-corrected chi connectivity index (χ1v) is 8.94. The molecule has 1 N–H and O–H groups in total. The van der Waals surface area contributed by atoms with Gasteiger partial charge in [-0.1, -0.05) is 73.3 Å². The summed E-state index contributed by atoms with van der Waals surface area (Å²) in [6.45, 7) is 0. The minimum absolute atomic E-state index is 0.148. The summed E-state index contributed by atoms with van der Waals surface area (Å²) >= 11 is 18.7. The van der Waals surface area contributed by atoms with Crippen molar-refractivity contribution in [3.63, 3.8) is 0 Å².